The van der Waals surface area contributed by atoms with Crippen molar-refractivity contribution in [1.29, 1.82) is 0 Å². The average Bonchev–Trinajstić information content (AvgIpc) is 2.75. The normalized spacial score (nSPS) is 14.1. The van der Waals surface area contributed by atoms with E-state index < -0.39 is 0 Å². The molecule has 1 N–H and O–H groups in total. The van der Waals surface area contributed by atoms with Crippen LogP contribution in [0.1, 0.15) is 31.4 Å². The van der Waals surface area contributed by atoms with Crippen molar-refractivity contribution in [2.24, 2.45) is 5.92 Å². The van der Waals surface area contributed by atoms with Gasteiger partial charge in [0, 0.05) is 6.54 Å². The maximum atomic E-state index is 5.75. The second-order valence-corrected chi connectivity index (χ2v) is 5.23. The van der Waals surface area contributed by atoms with Crippen molar-refractivity contribution < 1.29 is 4.74 Å². The Kier molecular flexibility index (Phi) is 4.43. The summed E-state index contributed by atoms with van der Waals surface area (Å²) in [5, 5.41) is 3.38. The summed E-state index contributed by atoms with van der Waals surface area (Å²) in [7, 11) is 0. The highest BCUT2D eigenvalue weighted by Crippen LogP contribution is 2.25. The summed E-state index contributed by atoms with van der Waals surface area (Å²) >= 11 is 0. The second kappa shape index (κ2) is 6.06. The SMILES string of the molecule is CC(C)CNCCOc1ccc2c(c1)CCC2. The van der Waals surface area contributed by atoms with Gasteiger partial charge in [-0.15, -0.1) is 0 Å². The topological polar surface area (TPSA) is 21.3 Å². The lowest BCUT2D eigenvalue weighted by Gasteiger charge is -2.10. The summed E-state index contributed by atoms with van der Waals surface area (Å²) < 4.78 is 5.75. The van der Waals surface area contributed by atoms with E-state index in [1.54, 1.807) is 0 Å². The first-order chi connectivity index (χ1) is 8.25. The highest BCUT2D eigenvalue weighted by molar-refractivity contribution is 5.38. The number of hydrogen-bond donors (Lipinski definition) is 1. The smallest absolute Gasteiger partial charge is 0.119 e. The fourth-order valence-corrected chi connectivity index (χ4v) is 2.27. The van der Waals surface area contributed by atoms with Crippen LogP contribution >= 0.6 is 0 Å². The first-order valence-electron chi connectivity index (χ1n) is 6.71. The summed E-state index contributed by atoms with van der Waals surface area (Å²) in [6.45, 7) is 7.18. The molecule has 94 valence electrons. The fraction of sp³-hybridized carbons (Fsp3) is 0.600. The Hall–Kier alpha value is -1.02. The quantitative estimate of drug-likeness (QED) is 0.763. The minimum atomic E-state index is 0.704. The Morgan fingerprint density at radius 1 is 1.24 bits per heavy atom. The number of fused-ring (bicyclic) bond motifs is 1. The van der Waals surface area contributed by atoms with Gasteiger partial charge in [-0.1, -0.05) is 19.9 Å². The lowest BCUT2D eigenvalue weighted by Crippen LogP contribution is -2.24. The molecular formula is C15H23NO. The monoisotopic (exact) mass is 233 g/mol. The molecule has 0 bridgehead atoms. The maximum absolute atomic E-state index is 5.75. The zero-order valence-corrected chi connectivity index (χ0v) is 11.0. The minimum Gasteiger partial charge on any atom is -0.492 e. The van der Waals surface area contributed by atoms with Gasteiger partial charge in [-0.25, -0.2) is 0 Å². The third-order valence-electron chi connectivity index (χ3n) is 3.17. The second-order valence-electron chi connectivity index (χ2n) is 5.23. The first-order valence-corrected chi connectivity index (χ1v) is 6.71. The molecule has 2 heteroatoms. The van der Waals surface area contributed by atoms with Gasteiger partial charge in [0.15, 0.2) is 0 Å². The van der Waals surface area contributed by atoms with E-state index in [4.69, 9.17) is 4.74 Å². The van der Waals surface area contributed by atoms with Crippen molar-refractivity contribution >= 4 is 0 Å². The molecule has 0 spiro atoms. The molecule has 0 aliphatic heterocycles. The molecule has 2 nitrogen and oxygen atoms in total. The molecule has 0 unspecified atom stereocenters. The van der Waals surface area contributed by atoms with Gasteiger partial charge in [-0.2, -0.15) is 0 Å². The standard InChI is InChI=1S/C15H23NO/c1-12(2)11-16-8-9-17-15-7-6-13-4-3-5-14(13)10-15/h6-7,10,12,16H,3-5,8-9,11H2,1-2H3. The molecule has 0 aromatic heterocycles. The Bertz CT molecular complexity index is 360. The minimum absolute atomic E-state index is 0.704. The van der Waals surface area contributed by atoms with Gasteiger partial charge in [0.2, 0.25) is 0 Å². The molecule has 2 rings (SSSR count). The first kappa shape index (κ1) is 12.4. The summed E-state index contributed by atoms with van der Waals surface area (Å²) in [4.78, 5) is 0. The van der Waals surface area contributed by atoms with Crippen LogP contribution in [0.3, 0.4) is 0 Å². The predicted molar refractivity (Wildman–Crippen MR) is 71.7 cm³/mol. The van der Waals surface area contributed by atoms with Crippen LogP contribution in [-0.4, -0.2) is 19.7 Å². The Morgan fingerprint density at radius 3 is 2.88 bits per heavy atom. The van der Waals surface area contributed by atoms with Crippen molar-refractivity contribution in [2.75, 3.05) is 19.7 Å². The molecule has 1 aromatic carbocycles. The molecular weight excluding hydrogens is 210 g/mol. The molecule has 1 aliphatic rings. The summed E-state index contributed by atoms with van der Waals surface area (Å²) in [6, 6.07) is 6.54. The van der Waals surface area contributed by atoms with Gasteiger partial charge in [-0.05, 0) is 55.0 Å². The van der Waals surface area contributed by atoms with E-state index in [9.17, 15) is 0 Å². The molecule has 0 amide bonds. The van der Waals surface area contributed by atoms with Crippen LogP contribution in [0.2, 0.25) is 0 Å². The molecule has 0 saturated carbocycles. The number of aryl methyl sites for hydroxylation is 2. The van der Waals surface area contributed by atoms with Crippen LogP contribution in [0, 0.1) is 5.92 Å². The van der Waals surface area contributed by atoms with Gasteiger partial charge >= 0.3 is 0 Å². The van der Waals surface area contributed by atoms with Crippen LogP contribution in [0.25, 0.3) is 0 Å². The fourth-order valence-electron chi connectivity index (χ4n) is 2.27. The van der Waals surface area contributed by atoms with E-state index in [2.05, 4.69) is 37.4 Å². The lowest BCUT2D eigenvalue weighted by molar-refractivity contribution is 0.311. The summed E-state index contributed by atoms with van der Waals surface area (Å²) in [5.74, 6) is 1.73. The van der Waals surface area contributed by atoms with E-state index in [0.29, 0.717) is 5.92 Å². The molecule has 0 saturated heterocycles. The van der Waals surface area contributed by atoms with Crippen molar-refractivity contribution in [3.05, 3.63) is 29.3 Å². The van der Waals surface area contributed by atoms with Crippen LogP contribution < -0.4 is 10.1 Å². The third kappa shape index (κ3) is 3.74. The maximum Gasteiger partial charge on any atom is 0.119 e. The Balaban J connectivity index is 1.72. The van der Waals surface area contributed by atoms with E-state index in [-0.39, 0.29) is 0 Å². The molecule has 1 aromatic rings. The average molecular weight is 233 g/mol. The molecule has 0 atom stereocenters. The number of rotatable bonds is 6. The zero-order chi connectivity index (χ0) is 12.1. The van der Waals surface area contributed by atoms with Crippen molar-refractivity contribution in [2.45, 2.75) is 33.1 Å². The number of hydrogen-bond acceptors (Lipinski definition) is 2. The Morgan fingerprint density at radius 2 is 2.06 bits per heavy atom. The molecule has 0 radical (unpaired) electrons. The van der Waals surface area contributed by atoms with Gasteiger partial charge in [0.25, 0.3) is 0 Å². The van der Waals surface area contributed by atoms with Crippen LogP contribution in [0.5, 0.6) is 5.75 Å². The van der Waals surface area contributed by atoms with Gasteiger partial charge in [0.05, 0.1) is 0 Å². The van der Waals surface area contributed by atoms with Crippen LogP contribution in [0.4, 0.5) is 0 Å². The van der Waals surface area contributed by atoms with E-state index in [1.807, 2.05) is 0 Å². The predicted octanol–water partition coefficient (Wildman–Crippen LogP) is 2.80. The number of nitrogens with one attached hydrogen (secondary N) is 1. The van der Waals surface area contributed by atoms with Crippen molar-refractivity contribution in [3.63, 3.8) is 0 Å². The Labute approximate surface area is 104 Å². The largest absolute Gasteiger partial charge is 0.492 e. The van der Waals surface area contributed by atoms with E-state index in [0.717, 1.165) is 25.4 Å². The molecule has 0 fully saturated rings. The molecule has 17 heavy (non-hydrogen) atoms. The third-order valence-corrected chi connectivity index (χ3v) is 3.17. The van der Waals surface area contributed by atoms with E-state index in [1.165, 1.54) is 30.4 Å². The molecule has 1 aliphatic carbocycles. The zero-order valence-electron chi connectivity index (χ0n) is 11.0. The van der Waals surface area contributed by atoms with Gasteiger partial charge in [-0.3, -0.25) is 0 Å². The van der Waals surface area contributed by atoms with Crippen molar-refractivity contribution in [1.82, 2.24) is 5.32 Å². The summed E-state index contributed by atoms with van der Waals surface area (Å²) in [6.07, 6.45) is 3.76. The van der Waals surface area contributed by atoms with E-state index >= 15 is 0 Å². The highest BCUT2D eigenvalue weighted by atomic mass is 16.5. The number of ether oxygens (including phenoxy) is 1. The van der Waals surface area contributed by atoms with Gasteiger partial charge in [0.1, 0.15) is 12.4 Å². The molecule has 0 heterocycles. The van der Waals surface area contributed by atoms with Gasteiger partial charge < -0.3 is 10.1 Å². The lowest BCUT2D eigenvalue weighted by atomic mass is 10.1. The van der Waals surface area contributed by atoms with Crippen LogP contribution in [0.15, 0.2) is 18.2 Å². The summed E-state index contributed by atoms with van der Waals surface area (Å²) in [5.41, 5.74) is 2.99. The van der Waals surface area contributed by atoms with Crippen LogP contribution in [-0.2, 0) is 12.8 Å². The van der Waals surface area contributed by atoms with Crippen molar-refractivity contribution in [3.8, 4) is 5.75 Å². The number of benzene rings is 1. The highest BCUT2D eigenvalue weighted by Gasteiger charge is 2.10.